The van der Waals surface area contributed by atoms with Crippen molar-refractivity contribution in [1.29, 1.82) is 0 Å². The van der Waals surface area contributed by atoms with Crippen LogP contribution in [0, 0.1) is 0 Å². The molecule has 0 radical (unpaired) electrons. The summed E-state index contributed by atoms with van der Waals surface area (Å²) in [5.41, 5.74) is 0. The Balaban J connectivity index is 2.99. The van der Waals surface area contributed by atoms with Crippen LogP contribution in [0.2, 0.25) is 0 Å². The summed E-state index contributed by atoms with van der Waals surface area (Å²) in [5, 5.41) is 6.16. The highest BCUT2D eigenvalue weighted by atomic mass is 19.4. The fourth-order valence-corrected chi connectivity index (χ4v) is 1.09. The Labute approximate surface area is 99.8 Å². The fraction of sp³-hybridized carbons (Fsp3) is 1.00. The molecule has 0 bridgehead atoms. The summed E-state index contributed by atoms with van der Waals surface area (Å²) >= 11 is 0. The molecule has 7 heteroatoms. The van der Waals surface area contributed by atoms with Crippen LogP contribution in [0.25, 0.3) is 0 Å². The van der Waals surface area contributed by atoms with Crippen LogP contribution in [-0.4, -0.2) is 59.3 Å². The van der Waals surface area contributed by atoms with E-state index in [4.69, 9.17) is 4.74 Å². The average Bonchev–Trinajstić information content (AvgIpc) is 2.24. The predicted octanol–water partition coefficient (Wildman–Crippen LogP) is 0.781. The standard InChI is InChI=1S/C10H21F3N2O2/c1-16-7-5-14-3-2-4-15-6-8-17-9-10(11,12)13/h14-15H,2-9H2,1H3. The van der Waals surface area contributed by atoms with Crippen LogP contribution in [0.3, 0.4) is 0 Å². The first-order valence-electron chi connectivity index (χ1n) is 5.61. The second-order valence-electron chi connectivity index (χ2n) is 3.51. The molecule has 104 valence electrons. The van der Waals surface area contributed by atoms with Gasteiger partial charge in [-0.2, -0.15) is 13.2 Å². The lowest BCUT2D eigenvalue weighted by Gasteiger charge is -2.08. The van der Waals surface area contributed by atoms with Gasteiger partial charge in [0.2, 0.25) is 0 Å². The Morgan fingerprint density at radius 1 is 0.941 bits per heavy atom. The van der Waals surface area contributed by atoms with Gasteiger partial charge in [-0.25, -0.2) is 0 Å². The largest absolute Gasteiger partial charge is 0.411 e. The zero-order valence-corrected chi connectivity index (χ0v) is 10.1. The molecule has 0 aliphatic carbocycles. The number of hydrogen-bond acceptors (Lipinski definition) is 4. The molecule has 0 unspecified atom stereocenters. The van der Waals surface area contributed by atoms with E-state index in [1.807, 2.05) is 0 Å². The molecule has 0 aliphatic heterocycles. The molecule has 2 N–H and O–H groups in total. The molecule has 0 aromatic carbocycles. The van der Waals surface area contributed by atoms with E-state index in [2.05, 4.69) is 15.4 Å². The minimum Gasteiger partial charge on any atom is -0.383 e. The third kappa shape index (κ3) is 15.6. The Hall–Kier alpha value is -0.370. The van der Waals surface area contributed by atoms with Gasteiger partial charge in [0.25, 0.3) is 0 Å². The van der Waals surface area contributed by atoms with Crippen LogP contribution in [0.5, 0.6) is 0 Å². The normalized spacial score (nSPS) is 12.0. The van der Waals surface area contributed by atoms with Gasteiger partial charge in [-0.1, -0.05) is 0 Å². The van der Waals surface area contributed by atoms with Gasteiger partial charge >= 0.3 is 6.18 Å². The molecular weight excluding hydrogens is 237 g/mol. The summed E-state index contributed by atoms with van der Waals surface area (Å²) in [5.74, 6) is 0. The quantitative estimate of drug-likeness (QED) is 0.538. The molecule has 0 aromatic rings. The van der Waals surface area contributed by atoms with Crippen molar-refractivity contribution in [3.05, 3.63) is 0 Å². The van der Waals surface area contributed by atoms with E-state index < -0.39 is 12.8 Å². The van der Waals surface area contributed by atoms with Crippen LogP contribution in [0.1, 0.15) is 6.42 Å². The molecular formula is C10H21F3N2O2. The van der Waals surface area contributed by atoms with Crippen molar-refractivity contribution in [2.75, 3.05) is 53.1 Å². The molecule has 0 aliphatic rings. The maximum absolute atomic E-state index is 11.7. The van der Waals surface area contributed by atoms with Crippen molar-refractivity contribution in [3.8, 4) is 0 Å². The third-order valence-corrected chi connectivity index (χ3v) is 1.88. The minimum absolute atomic E-state index is 0.0800. The molecule has 0 saturated carbocycles. The van der Waals surface area contributed by atoms with E-state index in [0.29, 0.717) is 13.2 Å². The third-order valence-electron chi connectivity index (χ3n) is 1.88. The summed E-state index contributed by atoms with van der Waals surface area (Å²) in [6, 6.07) is 0. The van der Waals surface area contributed by atoms with E-state index in [0.717, 1.165) is 26.1 Å². The predicted molar refractivity (Wildman–Crippen MR) is 59.1 cm³/mol. The van der Waals surface area contributed by atoms with Crippen molar-refractivity contribution in [1.82, 2.24) is 10.6 Å². The average molecular weight is 258 g/mol. The highest BCUT2D eigenvalue weighted by Gasteiger charge is 2.27. The molecule has 0 amide bonds. The lowest BCUT2D eigenvalue weighted by Crippen LogP contribution is -2.27. The molecule has 4 nitrogen and oxygen atoms in total. The number of nitrogens with one attached hydrogen (secondary N) is 2. The van der Waals surface area contributed by atoms with Crippen molar-refractivity contribution >= 4 is 0 Å². The Kier molecular flexibility index (Phi) is 10.5. The van der Waals surface area contributed by atoms with Crippen LogP contribution in [0.15, 0.2) is 0 Å². The van der Waals surface area contributed by atoms with E-state index in [1.165, 1.54) is 0 Å². The van der Waals surface area contributed by atoms with Crippen LogP contribution in [-0.2, 0) is 9.47 Å². The highest BCUT2D eigenvalue weighted by molar-refractivity contribution is 4.52. The number of alkyl halides is 3. The monoisotopic (exact) mass is 258 g/mol. The van der Waals surface area contributed by atoms with Gasteiger partial charge in [-0.05, 0) is 19.5 Å². The van der Waals surface area contributed by atoms with Gasteiger partial charge in [-0.15, -0.1) is 0 Å². The molecule has 17 heavy (non-hydrogen) atoms. The highest BCUT2D eigenvalue weighted by Crippen LogP contribution is 2.13. The van der Waals surface area contributed by atoms with E-state index in [1.54, 1.807) is 7.11 Å². The molecule has 0 spiro atoms. The smallest absolute Gasteiger partial charge is 0.383 e. The van der Waals surface area contributed by atoms with Gasteiger partial charge < -0.3 is 20.1 Å². The first-order chi connectivity index (χ1) is 8.06. The van der Waals surface area contributed by atoms with E-state index in [9.17, 15) is 13.2 Å². The number of halogens is 3. The van der Waals surface area contributed by atoms with Gasteiger partial charge in [0.1, 0.15) is 6.61 Å². The molecule has 0 atom stereocenters. The van der Waals surface area contributed by atoms with Gasteiger partial charge in [-0.3, -0.25) is 0 Å². The van der Waals surface area contributed by atoms with Crippen LogP contribution in [0.4, 0.5) is 13.2 Å². The SMILES string of the molecule is COCCNCCCNCCOCC(F)(F)F. The maximum atomic E-state index is 11.7. The van der Waals surface area contributed by atoms with Crippen molar-refractivity contribution < 1.29 is 22.6 Å². The number of ether oxygens (including phenoxy) is 2. The van der Waals surface area contributed by atoms with Crippen LogP contribution < -0.4 is 10.6 Å². The van der Waals surface area contributed by atoms with Crippen LogP contribution >= 0.6 is 0 Å². The minimum atomic E-state index is -4.23. The zero-order chi connectivity index (χ0) is 13.0. The maximum Gasteiger partial charge on any atom is 0.411 e. The summed E-state index contributed by atoms with van der Waals surface area (Å²) < 4.78 is 44.3. The molecule has 0 aromatic heterocycles. The summed E-state index contributed by atoms with van der Waals surface area (Å²) in [6.45, 7) is 2.46. The molecule has 0 heterocycles. The summed E-state index contributed by atoms with van der Waals surface area (Å²) in [6.07, 6.45) is -3.31. The lowest BCUT2D eigenvalue weighted by atomic mass is 10.4. The lowest BCUT2D eigenvalue weighted by molar-refractivity contribution is -0.173. The second kappa shape index (κ2) is 10.8. The number of hydrogen-bond donors (Lipinski definition) is 2. The first kappa shape index (κ1) is 16.6. The molecule has 0 fully saturated rings. The fourth-order valence-electron chi connectivity index (χ4n) is 1.09. The zero-order valence-electron chi connectivity index (χ0n) is 10.1. The number of methoxy groups -OCH3 is 1. The van der Waals surface area contributed by atoms with E-state index >= 15 is 0 Å². The van der Waals surface area contributed by atoms with Crippen molar-refractivity contribution in [2.24, 2.45) is 0 Å². The van der Waals surface area contributed by atoms with Gasteiger partial charge in [0, 0.05) is 20.2 Å². The van der Waals surface area contributed by atoms with Crippen molar-refractivity contribution in [3.63, 3.8) is 0 Å². The first-order valence-corrected chi connectivity index (χ1v) is 5.61. The number of rotatable bonds is 11. The topological polar surface area (TPSA) is 42.5 Å². The Morgan fingerprint density at radius 2 is 1.53 bits per heavy atom. The van der Waals surface area contributed by atoms with Crippen molar-refractivity contribution in [2.45, 2.75) is 12.6 Å². The van der Waals surface area contributed by atoms with Gasteiger partial charge in [0.15, 0.2) is 0 Å². The Morgan fingerprint density at radius 3 is 2.06 bits per heavy atom. The second-order valence-corrected chi connectivity index (χ2v) is 3.51. The van der Waals surface area contributed by atoms with Gasteiger partial charge in [0.05, 0.1) is 13.2 Å². The molecule has 0 rings (SSSR count). The van der Waals surface area contributed by atoms with E-state index in [-0.39, 0.29) is 6.61 Å². The molecule has 0 saturated heterocycles. The summed E-state index contributed by atoms with van der Waals surface area (Å²) in [7, 11) is 1.64. The Bertz CT molecular complexity index is 168. The summed E-state index contributed by atoms with van der Waals surface area (Å²) in [4.78, 5) is 0.